The summed E-state index contributed by atoms with van der Waals surface area (Å²) in [5.41, 5.74) is -0.397. The Hall–Kier alpha value is -0.850. The highest BCUT2D eigenvalue weighted by Gasteiger charge is 2.34. The molecule has 0 aromatic carbocycles. The summed E-state index contributed by atoms with van der Waals surface area (Å²) in [6.07, 6.45) is 0.665. The van der Waals surface area contributed by atoms with Crippen LogP contribution in [0.1, 0.15) is 27.2 Å². The van der Waals surface area contributed by atoms with Crippen LogP contribution in [0.5, 0.6) is 0 Å². The van der Waals surface area contributed by atoms with E-state index in [1.807, 2.05) is 25.7 Å². The Morgan fingerprint density at radius 1 is 1.24 bits per heavy atom. The summed E-state index contributed by atoms with van der Waals surface area (Å²) >= 11 is 0. The van der Waals surface area contributed by atoms with Gasteiger partial charge in [0.1, 0.15) is 0 Å². The van der Waals surface area contributed by atoms with Crippen LogP contribution in [0.3, 0.4) is 0 Å². The van der Waals surface area contributed by atoms with Crippen molar-refractivity contribution in [1.29, 1.82) is 0 Å². The molecule has 0 saturated carbocycles. The first-order valence-corrected chi connectivity index (χ1v) is 7.29. The Bertz CT molecular complexity index is 378. The minimum absolute atomic E-state index is 0. The maximum atomic E-state index is 12.3. The average Bonchev–Trinajstić information content (AvgIpc) is 2.86. The third-order valence-corrected chi connectivity index (χ3v) is 3.77. The lowest BCUT2D eigenvalue weighted by Gasteiger charge is -2.29. The van der Waals surface area contributed by atoms with Crippen LogP contribution in [0, 0.1) is 5.41 Å². The molecular formula is C14H26ClN3O3. The zero-order chi connectivity index (χ0) is 14.8. The molecule has 2 aliphatic rings. The molecule has 0 aliphatic carbocycles. The summed E-state index contributed by atoms with van der Waals surface area (Å²) in [6.45, 7) is 8.88. The first kappa shape index (κ1) is 18.2. The van der Waals surface area contributed by atoms with Gasteiger partial charge in [-0.1, -0.05) is 20.8 Å². The van der Waals surface area contributed by atoms with Gasteiger partial charge in [0.05, 0.1) is 19.3 Å². The first-order chi connectivity index (χ1) is 9.38. The summed E-state index contributed by atoms with van der Waals surface area (Å²) in [5, 5.41) is 6.22. The molecule has 2 aliphatic heterocycles. The van der Waals surface area contributed by atoms with E-state index in [1.165, 1.54) is 0 Å². The Balaban J connectivity index is 0.00000220. The van der Waals surface area contributed by atoms with Crippen LogP contribution in [0.15, 0.2) is 0 Å². The molecule has 2 heterocycles. The lowest BCUT2D eigenvalue weighted by Crippen LogP contribution is -2.48. The number of nitrogens with zero attached hydrogens (tertiary/aromatic N) is 1. The summed E-state index contributed by atoms with van der Waals surface area (Å²) in [5.74, 6) is 0.157. The molecule has 6 nitrogen and oxygen atoms in total. The Kier molecular flexibility index (Phi) is 6.43. The zero-order valence-electron chi connectivity index (χ0n) is 13.0. The van der Waals surface area contributed by atoms with E-state index in [0.29, 0.717) is 39.3 Å². The topological polar surface area (TPSA) is 70.7 Å². The van der Waals surface area contributed by atoms with Crippen LogP contribution < -0.4 is 10.6 Å². The van der Waals surface area contributed by atoms with Crippen molar-refractivity contribution in [1.82, 2.24) is 15.5 Å². The Labute approximate surface area is 132 Å². The van der Waals surface area contributed by atoms with E-state index in [0.717, 1.165) is 0 Å². The molecule has 0 bridgehead atoms. The largest absolute Gasteiger partial charge is 0.378 e. The number of carbonyl (C=O) groups is 2. The van der Waals surface area contributed by atoms with Gasteiger partial charge in [-0.15, -0.1) is 12.4 Å². The molecule has 0 spiro atoms. The minimum atomic E-state index is -0.397. The van der Waals surface area contributed by atoms with E-state index >= 15 is 0 Å². The molecule has 0 radical (unpaired) electrons. The number of morpholine rings is 1. The third kappa shape index (κ3) is 4.83. The minimum Gasteiger partial charge on any atom is -0.378 e. The summed E-state index contributed by atoms with van der Waals surface area (Å²) in [7, 11) is 0. The van der Waals surface area contributed by atoms with Crippen LogP contribution in [-0.2, 0) is 14.3 Å². The molecular weight excluding hydrogens is 294 g/mol. The van der Waals surface area contributed by atoms with Gasteiger partial charge in [0, 0.05) is 31.1 Å². The molecule has 2 saturated heterocycles. The van der Waals surface area contributed by atoms with E-state index in [-0.39, 0.29) is 36.3 Å². The van der Waals surface area contributed by atoms with Crippen molar-refractivity contribution in [3.05, 3.63) is 0 Å². The van der Waals surface area contributed by atoms with Crippen molar-refractivity contribution in [3.63, 3.8) is 0 Å². The van der Waals surface area contributed by atoms with E-state index < -0.39 is 5.41 Å². The number of ether oxygens (including phenoxy) is 1. The van der Waals surface area contributed by atoms with Gasteiger partial charge in [0.25, 0.3) is 0 Å². The predicted molar refractivity (Wildman–Crippen MR) is 82.4 cm³/mol. The van der Waals surface area contributed by atoms with Crippen molar-refractivity contribution in [2.45, 2.75) is 39.3 Å². The molecule has 0 aromatic rings. The van der Waals surface area contributed by atoms with Crippen LogP contribution in [0.4, 0.5) is 0 Å². The van der Waals surface area contributed by atoms with Gasteiger partial charge in [0.15, 0.2) is 0 Å². The molecule has 2 N–H and O–H groups in total. The van der Waals surface area contributed by atoms with Crippen LogP contribution in [-0.4, -0.2) is 61.6 Å². The van der Waals surface area contributed by atoms with Crippen molar-refractivity contribution in [2.75, 3.05) is 32.8 Å². The van der Waals surface area contributed by atoms with Crippen LogP contribution in [0.25, 0.3) is 0 Å². The van der Waals surface area contributed by atoms with Gasteiger partial charge in [-0.2, -0.15) is 0 Å². The number of nitrogens with one attached hydrogen (secondary N) is 2. The fraction of sp³-hybridized carbons (Fsp3) is 0.857. The quantitative estimate of drug-likeness (QED) is 0.760. The highest BCUT2D eigenvalue weighted by Crippen LogP contribution is 2.16. The molecule has 7 heteroatoms. The molecule has 0 aromatic heterocycles. The zero-order valence-corrected chi connectivity index (χ0v) is 13.8. The Morgan fingerprint density at radius 2 is 1.86 bits per heavy atom. The second kappa shape index (κ2) is 7.42. The standard InChI is InChI=1S/C14H25N3O3.ClH/c1-14(2,3)13(19)16-10-8-11(15-9-10)12(18)17-4-6-20-7-5-17;/h10-11,15H,4-9H2,1-3H3,(H,16,19);1H/t10-,11-;/m0./s1. The van der Waals surface area contributed by atoms with Gasteiger partial charge < -0.3 is 20.3 Å². The van der Waals surface area contributed by atoms with Gasteiger partial charge in [-0.05, 0) is 6.42 Å². The first-order valence-electron chi connectivity index (χ1n) is 7.29. The van der Waals surface area contributed by atoms with E-state index in [4.69, 9.17) is 4.74 Å². The summed E-state index contributed by atoms with van der Waals surface area (Å²) in [4.78, 5) is 26.1. The van der Waals surface area contributed by atoms with Crippen molar-refractivity contribution in [2.24, 2.45) is 5.41 Å². The second-order valence-corrected chi connectivity index (χ2v) is 6.55. The molecule has 2 atom stereocenters. The van der Waals surface area contributed by atoms with Crippen molar-refractivity contribution in [3.8, 4) is 0 Å². The average molecular weight is 320 g/mol. The van der Waals surface area contributed by atoms with Gasteiger partial charge >= 0.3 is 0 Å². The van der Waals surface area contributed by atoms with E-state index in [9.17, 15) is 9.59 Å². The van der Waals surface area contributed by atoms with Crippen LogP contribution >= 0.6 is 12.4 Å². The number of amides is 2. The predicted octanol–water partition coefficient (Wildman–Crippen LogP) is 0.160. The van der Waals surface area contributed by atoms with Gasteiger partial charge in [-0.25, -0.2) is 0 Å². The summed E-state index contributed by atoms with van der Waals surface area (Å²) < 4.78 is 5.25. The molecule has 2 amide bonds. The maximum Gasteiger partial charge on any atom is 0.239 e. The fourth-order valence-corrected chi connectivity index (χ4v) is 2.44. The number of rotatable bonds is 2. The number of hydrogen-bond acceptors (Lipinski definition) is 4. The normalized spacial score (nSPS) is 26.1. The van der Waals surface area contributed by atoms with Gasteiger partial charge in [-0.3, -0.25) is 9.59 Å². The number of halogens is 1. The third-order valence-electron chi connectivity index (χ3n) is 3.77. The molecule has 2 rings (SSSR count). The fourth-order valence-electron chi connectivity index (χ4n) is 2.44. The molecule has 21 heavy (non-hydrogen) atoms. The molecule has 122 valence electrons. The smallest absolute Gasteiger partial charge is 0.239 e. The highest BCUT2D eigenvalue weighted by molar-refractivity contribution is 5.85. The van der Waals surface area contributed by atoms with Crippen molar-refractivity contribution < 1.29 is 14.3 Å². The van der Waals surface area contributed by atoms with Crippen molar-refractivity contribution >= 4 is 24.2 Å². The number of hydrogen-bond donors (Lipinski definition) is 2. The van der Waals surface area contributed by atoms with E-state index in [1.54, 1.807) is 0 Å². The SMILES string of the molecule is CC(C)(C)C(=O)N[C@@H]1CN[C@H](C(=O)N2CCOCC2)C1.Cl. The second-order valence-electron chi connectivity index (χ2n) is 6.55. The molecule has 2 fully saturated rings. The monoisotopic (exact) mass is 319 g/mol. The van der Waals surface area contributed by atoms with Gasteiger partial charge in [0.2, 0.25) is 11.8 Å². The maximum absolute atomic E-state index is 12.3. The van der Waals surface area contributed by atoms with Crippen LogP contribution in [0.2, 0.25) is 0 Å². The summed E-state index contributed by atoms with van der Waals surface area (Å²) in [6, 6.07) is -0.143. The molecule has 0 unspecified atom stereocenters. The lowest BCUT2D eigenvalue weighted by molar-refractivity contribution is -0.137. The Morgan fingerprint density at radius 3 is 2.43 bits per heavy atom. The van der Waals surface area contributed by atoms with E-state index in [2.05, 4.69) is 10.6 Å². The highest BCUT2D eigenvalue weighted by atomic mass is 35.5. The number of carbonyl (C=O) groups excluding carboxylic acids is 2. The lowest BCUT2D eigenvalue weighted by atomic mass is 9.95.